The number of phenolic OH excluding ortho intramolecular Hbond substituents is 1. The Balaban J connectivity index is 2.12. The Morgan fingerprint density at radius 1 is 1.13 bits per heavy atom. The van der Waals surface area contributed by atoms with E-state index in [4.69, 9.17) is 10.8 Å². The molecule has 1 heterocycles. The van der Waals surface area contributed by atoms with Gasteiger partial charge in [-0.2, -0.15) is 0 Å². The lowest BCUT2D eigenvalue weighted by atomic mass is 9.86. The molecule has 0 bridgehead atoms. The number of carbonyl (C=O) groups is 4. The lowest BCUT2D eigenvalue weighted by Crippen LogP contribution is -2.65. The Kier molecular flexibility index (Phi) is 6.97. The number of nitrogens with two attached hydrogens (primary N) is 1. The van der Waals surface area contributed by atoms with Crippen molar-refractivity contribution in [3.05, 3.63) is 29.8 Å². The van der Waals surface area contributed by atoms with E-state index in [0.717, 1.165) is 0 Å². The summed E-state index contributed by atoms with van der Waals surface area (Å²) >= 11 is 0. The summed E-state index contributed by atoms with van der Waals surface area (Å²) in [4.78, 5) is 46.7. The summed E-state index contributed by atoms with van der Waals surface area (Å²) in [6.07, 6.45) is -2.27. The molecule has 0 aromatic heterocycles. The largest absolute Gasteiger partial charge is 0.508 e. The molecular formula is C18H23N3O9. The fraction of sp³-hybridized carbons (Fsp3) is 0.444. The van der Waals surface area contributed by atoms with Gasteiger partial charge in [-0.05, 0) is 43.5 Å². The molecule has 5 atom stereocenters. The van der Waals surface area contributed by atoms with Crippen LogP contribution in [0.1, 0.15) is 29.6 Å². The molecule has 0 unspecified atom stereocenters. The van der Waals surface area contributed by atoms with E-state index in [1.807, 2.05) is 0 Å². The monoisotopic (exact) mass is 425 g/mol. The first-order valence-electron chi connectivity index (χ1n) is 8.98. The van der Waals surface area contributed by atoms with Gasteiger partial charge in [0.05, 0.1) is 0 Å². The van der Waals surface area contributed by atoms with E-state index in [9.17, 15) is 39.6 Å². The number of aliphatic hydroxyl groups excluding tert-OH is 1. The number of amides is 1. The van der Waals surface area contributed by atoms with Crippen molar-refractivity contribution < 1.29 is 44.7 Å². The summed E-state index contributed by atoms with van der Waals surface area (Å²) in [6, 6.07) is 1.12. The third-order valence-corrected chi connectivity index (χ3v) is 5.11. The Morgan fingerprint density at radius 3 is 2.23 bits per heavy atom. The number of hydrogen-bond donors (Lipinski definition) is 8. The molecule has 0 spiro atoms. The van der Waals surface area contributed by atoms with Crippen LogP contribution in [0.25, 0.3) is 0 Å². The Bertz CT molecular complexity index is 829. The van der Waals surface area contributed by atoms with Crippen molar-refractivity contribution in [1.82, 2.24) is 10.6 Å². The third kappa shape index (κ3) is 4.84. The number of aliphatic hydroxyl groups is 1. The minimum atomic E-state index is -2.06. The molecule has 30 heavy (non-hydrogen) atoms. The number of carbonyl (C=O) groups excluding carboxylic acids is 1. The summed E-state index contributed by atoms with van der Waals surface area (Å²) in [5.41, 5.74) is 3.43. The molecule has 1 fully saturated rings. The van der Waals surface area contributed by atoms with Gasteiger partial charge in [0.2, 0.25) is 0 Å². The van der Waals surface area contributed by atoms with Crippen LogP contribution in [0.4, 0.5) is 0 Å². The lowest BCUT2D eigenvalue weighted by molar-refractivity contribution is -0.153. The minimum absolute atomic E-state index is 0.0698. The van der Waals surface area contributed by atoms with Crippen LogP contribution in [-0.4, -0.2) is 79.1 Å². The molecule has 12 nitrogen and oxygen atoms in total. The zero-order valence-corrected chi connectivity index (χ0v) is 15.7. The smallest absolute Gasteiger partial charge is 0.326 e. The van der Waals surface area contributed by atoms with E-state index in [2.05, 4.69) is 10.6 Å². The highest BCUT2D eigenvalue weighted by atomic mass is 16.4. The molecule has 0 radical (unpaired) electrons. The molecule has 1 aliphatic rings. The zero-order chi connectivity index (χ0) is 22.6. The molecule has 2 rings (SSSR count). The molecule has 1 saturated heterocycles. The summed E-state index contributed by atoms with van der Waals surface area (Å²) in [6.45, 7) is 0. The van der Waals surface area contributed by atoms with Gasteiger partial charge in [-0.15, -0.1) is 0 Å². The van der Waals surface area contributed by atoms with E-state index < -0.39 is 53.6 Å². The van der Waals surface area contributed by atoms with Gasteiger partial charge in [0.15, 0.2) is 0 Å². The number of phenols is 1. The maximum absolute atomic E-state index is 12.3. The van der Waals surface area contributed by atoms with Crippen molar-refractivity contribution in [3.8, 4) is 5.75 Å². The van der Waals surface area contributed by atoms with Crippen molar-refractivity contribution in [1.29, 1.82) is 0 Å². The van der Waals surface area contributed by atoms with Crippen molar-refractivity contribution in [2.24, 2.45) is 5.73 Å². The summed E-state index contributed by atoms with van der Waals surface area (Å²) in [5.74, 6) is -5.25. The van der Waals surface area contributed by atoms with Gasteiger partial charge in [0.25, 0.3) is 5.91 Å². The van der Waals surface area contributed by atoms with Gasteiger partial charge >= 0.3 is 17.9 Å². The number of aliphatic carboxylic acids is 3. The van der Waals surface area contributed by atoms with E-state index in [-0.39, 0.29) is 30.6 Å². The topological polar surface area (TPSA) is 220 Å². The van der Waals surface area contributed by atoms with Crippen LogP contribution in [0.2, 0.25) is 0 Å². The fourth-order valence-electron chi connectivity index (χ4n) is 3.42. The van der Waals surface area contributed by atoms with Crippen LogP contribution < -0.4 is 16.4 Å². The quantitative estimate of drug-likeness (QED) is 0.223. The second-order valence-electron chi connectivity index (χ2n) is 7.11. The maximum atomic E-state index is 12.3. The number of rotatable bonds is 9. The van der Waals surface area contributed by atoms with Crippen molar-refractivity contribution in [3.63, 3.8) is 0 Å². The highest BCUT2D eigenvalue weighted by Crippen LogP contribution is 2.30. The number of carboxylic acid groups (broad SMARTS) is 3. The van der Waals surface area contributed by atoms with Crippen molar-refractivity contribution >= 4 is 23.8 Å². The van der Waals surface area contributed by atoms with E-state index in [1.54, 1.807) is 0 Å². The molecule has 1 aliphatic heterocycles. The van der Waals surface area contributed by atoms with Crippen LogP contribution in [-0.2, 0) is 14.4 Å². The number of hydrogen-bond acceptors (Lipinski definition) is 8. The predicted octanol–water partition coefficient (Wildman–Crippen LogP) is -1.69. The summed E-state index contributed by atoms with van der Waals surface area (Å²) < 4.78 is 0. The molecule has 1 aromatic rings. The van der Waals surface area contributed by atoms with Gasteiger partial charge in [0.1, 0.15) is 29.5 Å². The highest BCUT2D eigenvalue weighted by molar-refractivity contribution is 5.96. The first kappa shape index (κ1) is 23.1. The number of aromatic hydroxyl groups is 1. The molecule has 12 heteroatoms. The molecular weight excluding hydrogens is 402 g/mol. The summed E-state index contributed by atoms with van der Waals surface area (Å²) in [5, 5.41) is 52.4. The van der Waals surface area contributed by atoms with E-state index >= 15 is 0 Å². The Morgan fingerprint density at radius 2 is 1.73 bits per heavy atom. The standard InChI is InChI=1S/C18H23N3O9/c19-12(16(27)28)13(23)18(17(29)30)6-5-9(21-18)7-11(15(25)26)20-14(24)8-1-3-10(22)4-2-8/h1-4,9,11-13,21-23H,5-7,19H2,(H,20,24)(H,25,26)(H,27,28)(H,29,30)/t9-,11+,12-,13+,18-/m1/s1. The normalized spacial score (nSPS) is 23.9. The van der Waals surface area contributed by atoms with Gasteiger partial charge in [-0.3, -0.25) is 19.7 Å². The zero-order valence-electron chi connectivity index (χ0n) is 15.7. The molecule has 0 saturated carbocycles. The van der Waals surface area contributed by atoms with Crippen molar-refractivity contribution in [2.45, 2.75) is 49.0 Å². The van der Waals surface area contributed by atoms with Gasteiger partial charge in [-0.25, -0.2) is 4.79 Å². The molecule has 9 N–H and O–H groups in total. The van der Waals surface area contributed by atoms with Crippen LogP contribution in [0, 0.1) is 0 Å². The van der Waals surface area contributed by atoms with Gasteiger partial charge < -0.3 is 36.6 Å². The molecule has 0 aliphatic carbocycles. The SMILES string of the molecule is N[C@@H](C(=O)O)[C@H](O)[C@@]1(C(=O)O)CC[C@H](C[C@H](NC(=O)c2ccc(O)cc2)C(=O)O)N1. The second-order valence-corrected chi connectivity index (χ2v) is 7.11. The first-order valence-corrected chi connectivity index (χ1v) is 8.98. The van der Waals surface area contributed by atoms with Crippen LogP contribution in [0.15, 0.2) is 24.3 Å². The van der Waals surface area contributed by atoms with E-state index in [0.29, 0.717) is 0 Å². The number of nitrogens with one attached hydrogen (secondary N) is 2. The summed E-state index contributed by atoms with van der Waals surface area (Å²) in [7, 11) is 0. The minimum Gasteiger partial charge on any atom is -0.508 e. The first-order chi connectivity index (χ1) is 14.0. The number of carboxylic acids is 3. The fourth-order valence-corrected chi connectivity index (χ4v) is 3.42. The molecule has 1 amide bonds. The van der Waals surface area contributed by atoms with Crippen LogP contribution in [0.5, 0.6) is 5.75 Å². The van der Waals surface area contributed by atoms with E-state index in [1.165, 1.54) is 24.3 Å². The lowest BCUT2D eigenvalue weighted by Gasteiger charge is -2.33. The Labute approximate surface area is 170 Å². The maximum Gasteiger partial charge on any atom is 0.326 e. The van der Waals surface area contributed by atoms with Crippen molar-refractivity contribution in [2.75, 3.05) is 0 Å². The predicted molar refractivity (Wildman–Crippen MR) is 99.8 cm³/mol. The van der Waals surface area contributed by atoms with Crippen LogP contribution >= 0.6 is 0 Å². The average Bonchev–Trinajstić information content (AvgIpc) is 3.11. The second kappa shape index (κ2) is 9.07. The van der Waals surface area contributed by atoms with Crippen LogP contribution in [0.3, 0.4) is 0 Å². The van der Waals surface area contributed by atoms with Gasteiger partial charge in [0, 0.05) is 11.6 Å². The Hall–Kier alpha value is -3.22. The number of benzene rings is 1. The highest BCUT2D eigenvalue weighted by Gasteiger charge is 2.54. The van der Waals surface area contributed by atoms with Gasteiger partial charge in [-0.1, -0.05) is 0 Å². The molecule has 164 valence electrons. The third-order valence-electron chi connectivity index (χ3n) is 5.11. The molecule has 1 aromatic carbocycles. The average molecular weight is 425 g/mol.